The van der Waals surface area contributed by atoms with Gasteiger partial charge in [0.1, 0.15) is 12.2 Å². The first-order chi connectivity index (χ1) is 8.31. The zero-order valence-electron chi connectivity index (χ0n) is 9.51. The van der Waals surface area contributed by atoms with Gasteiger partial charge in [0, 0.05) is 6.54 Å². The first-order valence-corrected chi connectivity index (χ1v) is 5.38. The zero-order valence-corrected chi connectivity index (χ0v) is 9.51. The largest absolute Gasteiger partial charge is 0.303 e. The minimum Gasteiger partial charge on any atom is -0.303 e. The maximum absolute atomic E-state index is 8.96. The molecule has 1 heterocycles. The van der Waals surface area contributed by atoms with Crippen LogP contribution in [0.2, 0.25) is 0 Å². The van der Waals surface area contributed by atoms with Crippen LogP contribution in [0.5, 0.6) is 0 Å². The number of hydrogen-bond donors (Lipinski definition) is 2. The van der Waals surface area contributed by atoms with Gasteiger partial charge >= 0.3 is 0 Å². The minimum absolute atomic E-state index is 0.0734. The summed E-state index contributed by atoms with van der Waals surface area (Å²) in [7, 11) is 0. The zero-order chi connectivity index (χ0) is 12.1. The lowest BCUT2D eigenvalue weighted by molar-refractivity contribution is 0.547. The van der Waals surface area contributed by atoms with Crippen molar-refractivity contribution < 1.29 is 0 Å². The van der Waals surface area contributed by atoms with Crippen molar-refractivity contribution in [3.05, 3.63) is 47.5 Å². The monoisotopic (exact) mass is 227 g/mol. The van der Waals surface area contributed by atoms with E-state index in [0.29, 0.717) is 12.1 Å². The van der Waals surface area contributed by atoms with Crippen LogP contribution < -0.4 is 5.32 Å². The Kier molecular flexibility index (Phi) is 3.48. The van der Waals surface area contributed by atoms with Crippen LogP contribution in [0.3, 0.4) is 0 Å². The fourth-order valence-corrected chi connectivity index (χ4v) is 1.57. The number of rotatable bonds is 4. The third kappa shape index (κ3) is 2.68. The highest BCUT2D eigenvalue weighted by atomic mass is 15.2. The molecular formula is C12H13N5. The number of aromatic nitrogens is 3. The van der Waals surface area contributed by atoms with E-state index >= 15 is 0 Å². The Morgan fingerprint density at radius 1 is 1.47 bits per heavy atom. The fraction of sp³-hybridized carbons (Fsp3) is 0.250. The average Bonchev–Trinajstić information content (AvgIpc) is 2.90. The number of nitrogens with one attached hydrogen (secondary N) is 2. The molecule has 1 aromatic heterocycles. The molecule has 0 saturated heterocycles. The smallest absolute Gasteiger partial charge is 0.141 e. The van der Waals surface area contributed by atoms with Crippen LogP contribution >= 0.6 is 0 Å². The molecular weight excluding hydrogens is 214 g/mol. The predicted molar refractivity (Wildman–Crippen MR) is 62.8 cm³/mol. The molecule has 5 nitrogen and oxygen atoms in total. The second-order valence-corrected chi connectivity index (χ2v) is 3.74. The van der Waals surface area contributed by atoms with Crippen LogP contribution in [0, 0.1) is 11.3 Å². The van der Waals surface area contributed by atoms with Crippen molar-refractivity contribution in [3.63, 3.8) is 0 Å². The Morgan fingerprint density at radius 2 is 2.29 bits per heavy atom. The summed E-state index contributed by atoms with van der Waals surface area (Å²) in [5, 5.41) is 18.9. The van der Waals surface area contributed by atoms with Crippen molar-refractivity contribution in [1.82, 2.24) is 20.5 Å². The molecule has 17 heavy (non-hydrogen) atoms. The van der Waals surface area contributed by atoms with E-state index in [1.165, 1.54) is 6.33 Å². The molecule has 0 aliphatic carbocycles. The maximum atomic E-state index is 8.96. The molecule has 2 N–H and O–H groups in total. The third-order valence-electron chi connectivity index (χ3n) is 2.58. The van der Waals surface area contributed by atoms with Gasteiger partial charge in [-0.25, -0.2) is 4.98 Å². The lowest BCUT2D eigenvalue weighted by Gasteiger charge is -2.11. The quantitative estimate of drug-likeness (QED) is 0.830. The third-order valence-corrected chi connectivity index (χ3v) is 2.58. The Hall–Kier alpha value is -2.19. The summed E-state index contributed by atoms with van der Waals surface area (Å²) in [6, 6.07) is 9.80. The summed E-state index contributed by atoms with van der Waals surface area (Å²) in [5.74, 6) is 0.791. The highest BCUT2D eigenvalue weighted by molar-refractivity contribution is 5.37. The number of benzene rings is 1. The molecule has 1 aromatic carbocycles. The van der Waals surface area contributed by atoms with E-state index < -0.39 is 0 Å². The van der Waals surface area contributed by atoms with Gasteiger partial charge in [0.2, 0.25) is 0 Å². The number of hydrogen-bond acceptors (Lipinski definition) is 4. The summed E-state index contributed by atoms with van der Waals surface area (Å²) in [5.41, 5.74) is 1.69. The van der Waals surface area contributed by atoms with E-state index in [1.807, 2.05) is 31.2 Å². The van der Waals surface area contributed by atoms with Gasteiger partial charge in [-0.2, -0.15) is 10.4 Å². The predicted octanol–water partition coefficient (Wildman–Crippen LogP) is 1.53. The molecule has 0 radical (unpaired) electrons. The van der Waals surface area contributed by atoms with Crippen LogP contribution in [0.1, 0.15) is 29.9 Å². The van der Waals surface area contributed by atoms with Crippen molar-refractivity contribution in [2.75, 3.05) is 0 Å². The lowest BCUT2D eigenvalue weighted by atomic mass is 10.1. The molecule has 0 fully saturated rings. The van der Waals surface area contributed by atoms with Crippen molar-refractivity contribution in [2.24, 2.45) is 0 Å². The Labute approximate surface area is 99.5 Å². The molecule has 0 bridgehead atoms. The highest BCUT2D eigenvalue weighted by Gasteiger charge is 2.08. The van der Waals surface area contributed by atoms with Crippen LogP contribution in [-0.4, -0.2) is 15.2 Å². The van der Waals surface area contributed by atoms with E-state index in [9.17, 15) is 0 Å². The second kappa shape index (κ2) is 5.23. The summed E-state index contributed by atoms with van der Waals surface area (Å²) < 4.78 is 0. The first kappa shape index (κ1) is 11.3. The van der Waals surface area contributed by atoms with E-state index in [-0.39, 0.29) is 6.04 Å². The maximum Gasteiger partial charge on any atom is 0.141 e. The van der Waals surface area contributed by atoms with E-state index in [1.54, 1.807) is 0 Å². The number of nitriles is 1. The fourth-order valence-electron chi connectivity index (χ4n) is 1.57. The Morgan fingerprint density at radius 3 is 3.00 bits per heavy atom. The molecule has 0 amide bonds. The summed E-state index contributed by atoms with van der Waals surface area (Å²) in [4.78, 5) is 4.08. The van der Waals surface area contributed by atoms with Gasteiger partial charge in [-0.3, -0.25) is 5.10 Å². The SMILES string of the molecule is CC(NCc1ccccc1C#N)c1ncn[nH]1. The van der Waals surface area contributed by atoms with Gasteiger partial charge < -0.3 is 5.32 Å². The molecule has 86 valence electrons. The van der Waals surface area contributed by atoms with Crippen LogP contribution in [-0.2, 0) is 6.54 Å². The first-order valence-electron chi connectivity index (χ1n) is 5.38. The molecule has 0 spiro atoms. The molecule has 1 unspecified atom stereocenters. The van der Waals surface area contributed by atoms with E-state index in [0.717, 1.165) is 11.4 Å². The summed E-state index contributed by atoms with van der Waals surface area (Å²) >= 11 is 0. The van der Waals surface area contributed by atoms with Gasteiger partial charge in [0.25, 0.3) is 0 Å². The summed E-state index contributed by atoms with van der Waals surface area (Å²) in [6.07, 6.45) is 1.48. The van der Waals surface area contributed by atoms with Gasteiger partial charge in [0.15, 0.2) is 0 Å². The second-order valence-electron chi connectivity index (χ2n) is 3.74. The Bertz CT molecular complexity index is 512. The standard InChI is InChI=1S/C12H13N5/c1-9(12-15-8-16-17-12)14-7-11-5-3-2-4-10(11)6-13/h2-5,8-9,14H,7H2,1H3,(H,15,16,17). The average molecular weight is 227 g/mol. The molecule has 0 saturated carbocycles. The number of H-pyrrole nitrogens is 1. The normalized spacial score (nSPS) is 12.0. The van der Waals surface area contributed by atoms with Crippen molar-refractivity contribution in [3.8, 4) is 6.07 Å². The molecule has 0 aliphatic rings. The molecule has 2 aromatic rings. The molecule has 0 aliphatic heterocycles. The Balaban J connectivity index is 2.01. The molecule has 5 heteroatoms. The number of nitrogens with zero attached hydrogens (tertiary/aromatic N) is 3. The highest BCUT2D eigenvalue weighted by Crippen LogP contribution is 2.10. The van der Waals surface area contributed by atoms with Crippen molar-refractivity contribution in [2.45, 2.75) is 19.5 Å². The van der Waals surface area contributed by atoms with E-state index in [2.05, 4.69) is 26.6 Å². The van der Waals surface area contributed by atoms with Gasteiger partial charge in [-0.1, -0.05) is 18.2 Å². The van der Waals surface area contributed by atoms with Crippen LogP contribution in [0.4, 0.5) is 0 Å². The molecule has 2 rings (SSSR count). The van der Waals surface area contributed by atoms with Crippen LogP contribution in [0.15, 0.2) is 30.6 Å². The minimum atomic E-state index is 0.0734. The van der Waals surface area contributed by atoms with E-state index in [4.69, 9.17) is 5.26 Å². The van der Waals surface area contributed by atoms with Gasteiger partial charge in [-0.05, 0) is 18.6 Å². The summed E-state index contributed by atoms with van der Waals surface area (Å²) in [6.45, 7) is 2.63. The lowest BCUT2D eigenvalue weighted by Crippen LogP contribution is -2.19. The van der Waals surface area contributed by atoms with Gasteiger partial charge in [-0.15, -0.1) is 0 Å². The van der Waals surface area contributed by atoms with Crippen molar-refractivity contribution in [1.29, 1.82) is 5.26 Å². The number of aromatic amines is 1. The van der Waals surface area contributed by atoms with Crippen LogP contribution in [0.25, 0.3) is 0 Å². The topological polar surface area (TPSA) is 77.4 Å². The van der Waals surface area contributed by atoms with Gasteiger partial charge in [0.05, 0.1) is 17.7 Å². The molecule has 1 atom stereocenters. The van der Waals surface area contributed by atoms with Crippen molar-refractivity contribution >= 4 is 0 Å².